The zero-order valence-corrected chi connectivity index (χ0v) is 16.4. The van der Waals surface area contributed by atoms with Crippen molar-refractivity contribution in [2.75, 3.05) is 20.2 Å². The molecule has 0 saturated heterocycles. The van der Waals surface area contributed by atoms with Crippen LogP contribution in [0.3, 0.4) is 0 Å². The van der Waals surface area contributed by atoms with Crippen molar-refractivity contribution < 1.29 is 13.2 Å². The average Bonchev–Trinajstić information content (AvgIpc) is 2.55. The Balaban J connectivity index is 2.65. The van der Waals surface area contributed by atoms with Crippen molar-refractivity contribution in [3.8, 4) is 16.9 Å². The van der Waals surface area contributed by atoms with E-state index in [0.29, 0.717) is 23.5 Å². The van der Waals surface area contributed by atoms with Gasteiger partial charge in [0.05, 0.1) is 7.11 Å². The smallest absolute Gasteiger partial charge is 0.244 e. The van der Waals surface area contributed by atoms with Crippen LogP contribution in [-0.4, -0.2) is 32.9 Å². The molecule has 0 radical (unpaired) electrons. The van der Waals surface area contributed by atoms with E-state index < -0.39 is 10.0 Å². The van der Waals surface area contributed by atoms with E-state index in [4.69, 9.17) is 4.74 Å². The summed E-state index contributed by atoms with van der Waals surface area (Å²) in [4.78, 5) is 0.370. The van der Waals surface area contributed by atoms with Gasteiger partial charge in [0.25, 0.3) is 0 Å². The van der Waals surface area contributed by atoms with Gasteiger partial charge >= 0.3 is 0 Å². The van der Waals surface area contributed by atoms with Gasteiger partial charge in [0.1, 0.15) is 10.6 Å². The second-order valence-electron chi connectivity index (χ2n) is 4.93. The Hall–Kier alpha value is -1.12. The second kappa shape index (κ2) is 7.63. The molecule has 2 aromatic rings. The van der Waals surface area contributed by atoms with E-state index in [9.17, 15) is 8.42 Å². The number of nitrogens with zero attached hydrogens (tertiary/aromatic N) is 1. The van der Waals surface area contributed by atoms with Gasteiger partial charge in [-0.25, -0.2) is 8.42 Å². The first-order valence-corrected chi connectivity index (χ1v) is 9.90. The standard InChI is InChI=1S/C17H20INO3S/c1-4-19(5-2)23(20,21)17-15(7-6-8-16(17)18)13-9-11-14(22-3)12-10-13/h6-12H,4-5H2,1-3H3. The van der Waals surface area contributed by atoms with E-state index in [-0.39, 0.29) is 0 Å². The molecule has 0 fully saturated rings. The Morgan fingerprint density at radius 1 is 1.04 bits per heavy atom. The van der Waals surface area contributed by atoms with Crippen molar-refractivity contribution in [3.63, 3.8) is 0 Å². The lowest BCUT2D eigenvalue weighted by Gasteiger charge is -2.21. The fraction of sp³-hybridized carbons (Fsp3) is 0.294. The number of methoxy groups -OCH3 is 1. The number of sulfonamides is 1. The zero-order valence-electron chi connectivity index (χ0n) is 13.4. The monoisotopic (exact) mass is 445 g/mol. The summed E-state index contributed by atoms with van der Waals surface area (Å²) in [7, 11) is -1.92. The summed E-state index contributed by atoms with van der Waals surface area (Å²) in [6, 6.07) is 13.0. The Kier molecular flexibility index (Phi) is 6.05. The van der Waals surface area contributed by atoms with Crippen LogP contribution in [-0.2, 0) is 10.0 Å². The lowest BCUT2D eigenvalue weighted by atomic mass is 10.1. The molecule has 0 aliphatic carbocycles. The quantitative estimate of drug-likeness (QED) is 0.632. The van der Waals surface area contributed by atoms with Crippen molar-refractivity contribution in [3.05, 3.63) is 46.0 Å². The average molecular weight is 445 g/mol. The van der Waals surface area contributed by atoms with E-state index in [1.165, 1.54) is 4.31 Å². The minimum atomic E-state index is -3.53. The maximum absolute atomic E-state index is 13.0. The third kappa shape index (κ3) is 3.70. The van der Waals surface area contributed by atoms with Crippen LogP contribution in [0.2, 0.25) is 0 Å². The molecule has 4 nitrogen and oxygen atoms in total. The molecule has 0 aliphatic heterocycles. The second-order valence-corrected chi connectivity index (χ2v) is 7.97. The molecule has 0 aromatic heterocycles. The lowest BCUT2D eigenvalue weighted by Crippen LogP contribution is -2.31. The third-order valence-electron chi connectivity index (χ3n) is 3.67. The number of halogens is 1. The summed E-state index contributed by atoms with van der Waals surface area (Å²) in [5.41, 5.74) is 1.57. The topological polar surface area (TPSA) is 46.6 Å². The highest BCUT2D eigenvalue weighted by molar-refractivity contribution is 14.1. The van der Waals surface area contributed by atoms with E-state index >= 15 is 0 Å². The van der Waals surface area contributed by atoms with Gasteiger partial charge in [0, 0.05) is 22.2 Å². The van der Waals surface area contributed by atoms with Crippen LogP contribution in [0.5, 0.6) is 5.75 Å². The molecule has 0 unspecified atom stereocenters. The molecule has 0 spiro atoms. The fourth-order valence-electron chi connectivity index (χ4n) is 2.46. The van der Waals surface area contributed by atoms with Gasteiger partial charge < -0.3 is 4.74 Å². The van der Waals surface area contributed by atoms with Crippen molar-refractivity contribution >= 4 is 32.6 Å². The Labute approximate surface area is 151 Å². The minimum Gasteiger partial charge on any atom is -0.497 e. The maximum Gasteiger partial charge on any atom is 0.244 e. The van der Waals surface area contributed by atoms with Crippen molar-refractivity contribution in [2.24, 2.45) is 0 Å². The molecule has 2 rings (SSSR count). The molecular weight excluding hydrogens is 425 g/mol. The van der Waals surface area contributed by atoms with Gasteiger partial charge in [0.15, 0.2) is 0 Å². The summed E-state index contributed by atoms with van der Waals surface area (Å²) in [6.07, 6.45) is 0. The molecule has 0 saturated carbocycles. The molecule has 0 amide bonds. The molecule has 6 heteroatoms. The normalized spacial score (nSPS) is 11.7. The summed E-state index contributed by atoms with van der Waals surface area (Å²) in [6.45, 7) is 4.60. The van der Waals surface area contributed by atoms with Gasteiger partial charge in [0.2, 0.25) is 10.0 Å². The highest BCUT2D eigenvalue weighted by Crippen LogP contribution is 2.33. The van der Waals surface area contributed by atoms with E-state index in [1.54, 1.807) is 7.11 Å². The summed E-state index contributed by atoms with van der Waals surface area (Å²) in [5, 5.41) is 0. The molecular formula is C17H20INO3S. The van der Waals surface area contributed by atoms with E-state index in [0.717, 1.165) is 14.9 Å². The highest BCUT2D eigenvalue weighted by atomic mass is 127. The molecule has 0 bridgehead atoms. The van der Waals surface area contributed by atoms with Crippen molar-refractivity contribution in [2.45, 2.75) is 18.7 Å². The Bertz CT molecular complexity index is 769. The van der Waals surface area contributed by atoms with Gasteiger partial charge in [-0.15, -0.1) is 0 Å². The van der Waals surface area contributed by atoms with Gasteiger partial charge in [-0.3, -0.25) is 0 Å². The lowest BCUT2D eigenvalue weighted by molar-refractivity contribution is 0.415. The highest BCUT2D eigenvalue weighted by Gasteiger charge is 2.27. The van der Waals surface area contributed by atoms with Crippen LogP contribution in [0.25, 0.3) is 11.1 Å². The van der Waals surface area contributed by atoms with Gasteiger partial charge in [-0.2, -0.15) is 4.31 Å². The molecule has 0 atom stereocenters. The molecule has 124 valence electrons. The number of ether oxygens (including phenoxy) is 1. The van der Waals surface area contributed by atoms with E-state index in [2.05, 4.69) is 22.6 Å². The third-order valence-corrected chi connectivity index (χ3v) is 7.09. The van der Waals surface area contributed by atoms with Crippen LogP contribution in [0, 0.1) is 3.57 Å². The van der Waals surface area contributed by atoms with E-state index in [1.807, 2.05) is 56.3 Å². The van der Waals surface area contributed by atoms with Crippen molar-refractivity contribution in [1.82, 2.24) is 4.31 Å². The fourth-order valence-corrected chi connectivity index (χ4v) is 5.51. The van der Waals surface area contributed by atoms with Crippen LogP contribution in [0.15, 0.2) is 47.4 Å². The summed E-state index contributed by atoms with van der Waals surface area (Å²) < 4.78 is 33.4. The predicted octanol–water partition coefficient (Wildman–Crippen LogP) is 4.00. The van der Waals surface area contributed by atoms with Crippen LogP contribution in [0.4, 0.5) is 0 Å². The predicted molar refractivity (Wildman–Crippen MR) is 101 cm³/mol. The number of hydrogen-bond acceptors (Lipinski definition) is 3. The summed E-state index contributed by atoms with van der Waals surface area (Å²) in [5.74, 6) is 0.743. The van der Waals surface area contributed by atoms with Gasteiger partial charge in [-0.05, 0) is 46.4 Å². The first kappa shape index (κ1) is 18.2. The molecule has 0 N–H and O–H groups in total. The molecule has 2 aromatic carbocycles. The maximum atomic E-state index is 13.0. The SMILES string of the molecule is CCN(CC)S(=O)(=O)c1c(I)cccc1-c1ccc(OC)cc1. The Morgan fingerprint density at radius 3 is 2.17 bits per heavy atom. The molecule has 0 heterocycles. The first-order chi connectivity index (χ1) is 11.0. The van der Waals surface area contributed by atoms with Crippen LogP contribution >= 0.6 is 22.6 Å². The summed E-state index contributed by atoms with van der Waals surface area (Å²) >= 11 is 2.09. The number of benzene rings is 2. The van der Waals surface area contributed by atoms with Gasteiger partial charge in [-0.1, -0.05) is 38.1 Å². The zero-order chi connectivity index (χ0) is 17.0. The van der Waals surface area contributed by atoms with Crippen LogP contribution < -0.4 is 4.74 Å². The number of hydrogen-bond donors (Lipinski definition) is 0. The largest absolute Gasteiger partial charge is 0.497 e. The molecule has 0 aliphatic rings. The first-order valence-electron chi connectivity index (χ1n) is 7.38. The molecule has 23 heavy (non-hydrogen) atoms. The Morgan fingerprint density at radius 2 is 1.65 bits per heavy atom. The van der Waals surface area contributed by atoms with Crippen molar-refractivity contribution in [1.29, 1.82) is 0 Å². The minimum absolute atomic E-state index is 0.370. The number of rotatable bonds is 6. The van der Waals surface area contributed by atoms with Crippen LogP contribution in [0.1, 0.15) is 13.8 Å².